The Morgan fingerprint density at radius 2 is 0.795 bits per heavy atom. The molecule has 2 N–H and O–H groups in total. The average molecular weight is 623 g/mol. The number of hydrogen-bond donors (Lipinski definition) is 2. The smallest absolute Gasteiger partial charge is 0.0200 e. The maximum atomic E-state index is 13.2. The van der Waals surface area contributed by atoms with Gasteiger partial charge in [-0.1, -0.05) is 107 Å². The first-order valence-electron chi connectivity index (χ1n) is 13.3. The van der Waals surface area contributed by atoms with E-state index in [-0.39, 0.29) is 65.2 Å². The van der Waals surface area contributed by atoms with Crippen molar-refractivity contribution in [3.8, 4) is 11.5 Å². The van der Waals surface area contributed by atoms with Gasteiger partial charge in [0.25, 0.3) is 0 Å². The van der Waals surface area contributed by atoms with E-state index >= 15 is 0 Å². The van der Waals surface area contributed by atoms with E-state index in [1.165, 1.54) is 11.1 Å². The van der Waals surface area contributed by atoms with Gasteiger partial charge in [0.1, 0.15) is 0 Å². The molecule has 0 bridgehead atoms. The van der Waals surface area contributed by atoms with Crippen LogP contribution in [0.15, 0.2) is 24.3 Å². The first-order valence-corrected chi connectivity index (χ1v) is 13.3. The monoisotopic (exact) mass is 624 g/mol. The Bertz CT molecular complexity index is 971. The molecule has 0 unspecified atom stereocenters. The maximum absolute atomic E-state index is 13.2. The summed E-state index contributed by atoms with van der Waals surface area (Å²) in [7, 11) is 0. The van der Waals surface area contributed by atoms with Gasteiger partial charge in [-0.2, -0.15) is 0 Å². The van der Waals surface area contributed by atoms with Crippen LogP contribution in [0.3, 0.4) is 0 Å². The van der Waals surface area contributed by atoms with Gasteiger partial charge in [-0.3, -0.25) is 0 Å². The van der Waals surface area contributed by atoms with Crippen molar-refractivity contribution < 1.29 is 42.2 Å². The van der Waals surface area contributed by atoms with Crippen molar-refractivity contribution in [1.82, 2.24) is 10.6 Å². The molecule has 0 fully saturated rings. The van der Waals surface area contributed by atoms with Gasteiger partial charge >= 0.3 is 0 Å². The fourth-order valence-corrected chi connectivity index (χ4v) is 4.24. The number of benzene rings is 2. The number of hydrogen-bond acceptors (Lipinski definition) is 4. The molecular formula is C32H50MoN2O4-6. The molecule has 6 nitrogen and oxygen atoms in total. The summed E-state index contributed by atoms with van der Waals surface area (Å²) in [5.74, 6) is 0.279. The van der Waals surface area contributed by atoms with Crippen molar-refractivity contribution >= 4 is 0 Å². The molecule has 0 atom stereocenters. The Labute approximate surface area is 252 Å². The minimum atomic E-state index is -0.196. The molecule has 0 saturated carbocycles. The summed E-state index contributed by atoms with van der Waals surface area (Å²) < 4.78 is 0. The Balaban J connectivity index is 0. The molecule has 2 rings (SSSR count). The van der Waals surface area contributed by atoms with Gasteiger partial charge in [-0.25, -0.2) is 0 Å². The second kappa shape index (κ2) is 14.5. The summed E-state index contributed by atoms with van der Waals surface area (Å²) in [5, 5.41) is 33.2. The molecule has 0 saturated heterocycles. The molecule has 0 aliphatic carbocycles. The Morgan fingerprint density at radius 1 is 0.513 bits per heavy atom. The third-order valence-electron chi connectivity index (χ3n) is 6.79. The molecule has 7 heteroatoms. The van der Waals surface area contributed by atoms with Crippen LogP contribution in [0.1, 0.15) is 116 Å². The SMILES string of the molecule is CC(C)(C)c1cc(CNCCNCc2cc(C(C)(C)C)cc(C(C)(C)C)c2[O-])c([O-])c(C(C)(C)C)c1.[Mo].[O-2].[O-2]. The normalized spacial score (nSPS) is 12.3. The molecule has 0 aliphatic rings. The fourth-order valence-electron chi connectivity index (χ4n) is 4.24. The summed E-state index contributed by atoms with van der Waals surface area (Å²) in [6.07, 6.45) is 0. The van der Waals surface area contributed by atoms with Gasteiger partial charge in [0.15, 0.2) is 0 Å². The molecule has 2 aromatic rings. The first kappa shape index (κ1) is 39.7. The predicted molar refractivity (Wildman–Crippen MR) is 151 cm³/mol. The number of nitrogens with one attached hydrogen (secondary N) is 2. The molecule has 224 valence electrons. The van der Waals surface area contributed by atoms with E-state index in [9.17, 15) is 10.2 Å². The van der Waals surface area contributed by atoms with E-state index < -0.39 is 0 Å². The minimum absolute atomic E-state index is 0. The zero-order valence-corrected chi connectivity index (χ0v) is 28.2. The van der Waals surface area contributed by atoms with Crippen molar-refractivity contribution in [1.29, 1.82) is 0 Å². The minimum Gasteiger partial charge on any atom is -2.00 e. The zero-order chi connectivity index (χ0) is 27.7. The maximum Gasteiger partial charge on any atom is 0.0200 e. The van der Waals surface area contributed by atoms with Gasteiger partial charge in [0, 0.05) is 47.2 Å². The Kier molecular flexibility index (Phi) is 14.7. The van der Waals surface area contributed by atoms with Crippen LogP contribution in [0.25, 0.3) is 0 Å². The molecule has 0 heterocycles. The summed E-state index contributed by atoms with van der Waals surface area (Å²) in [6.45, 7) is 28.2. The molecule has 0 amide bonds. The Hall–Kier alpha value is -1.43. The molecule has 39 heavy (non-hydrogen) atoms. The standard InChI is InChI=1S/C32H52N2O2.Mo.2O/c1-29(2,3)23-15-21(27(35)25(17-23)31(7,8)9)19-33-13-14-34-20-22-16-24(30(4,5)6)18-26(28(22)36)32(10,11)12;;;/h15-18,33-36H,13-14,19-20H2,1-12H3;;;/q;;2*-2/p-2. The van der Waals surface area contributed by atoms with E-state index in [1.54, 1.807) is 0 Å². The average Bonchev–Trinajstić information content (AvgIpc) is 2.69. The van der Waals surface area contributed by atoms with Crippen molar-refractivity contribution in [3.63, 3.8) is 0 Å². The summed E-state index contributed by atoms with van der Waals surface area (Å²) in [5.41, 5.74) is 5.35. The van der Waals surface area contributed by atoms with Crippen LogP contribution in [0.5, 0.6) is 11.5 Å². The fraction of sp³-hybridized carbons (Fsp3) is 0.625. The first-order chi connectivity index (χ1) is 16.2. The molecular weight excluding hydrogens is 572 g/mol. The Morgan fingerprint density at radius 3 is 1.03 bits per heavy atom. The van der Waals surface area contributed by atoms with Crippen LogP contribution < -0.4 is 20.8 Å². The second-order valence-electron chi connectivity index (χ2n) is 14.4. The molecule has 2 aromatic carbocycles. The third kappa shape index (κ3) is 10.8. The van der Waals surface area contributed by atoms with Gasteiger partial charge < -0.3 is 31.8 Å². The van der Waals surface area contributed by atoms with E-state index in [4.69, 9.17) is 0 Å². The van der Waals surface area contributed by atoms with Gasteiger partial charge in [-0.05, 0) is 55.0 Å². The molecule has 0 aliphatic heterocycles. The third-order valence-corrected chi connectivity index (χ3v) is 6.79. The van der Waals surface area contributed by atoms with Crippen LogP contribution >= 0.6 is 0 Å². The van der Waals surface area contributed by atoms with Crippen molar-refractivity contribution in [2.45, 2.75) is 118 Å². The molecule has 0 radical (unpaired) electrons. The van der Waals surface area contributed by atoms with Crippen molar-refractivity contribution in [2.75, 3.05) is 13.1 Å². The second-order valence-corrected chi connectivity index (χ2v) is 14.4. The van der Waals surface area contributed by atoms with Crippen LogP contribution in [0.2, 0.25) is 0 Å². The largest absolute Gasteiger partial charge is 2.00 e. The van der Waals surface area contributed by atoms with Gasteiger partial charge in [0.2, 0.25) is 0 Å². The van der Waals surface area contributed by atoms with Gasteiger partial charge in [-0.15, -0.1) is 11.5 Å². The summed E-state index contributed by atoms with van der Waals surface area (Å²) >= 11 is 0. The quantitative estimate of drug-likeness (QED) is 0.305. The molecule has 0 spiro atoms. The van der Waals surface area contributed by atoms with E-state index in [0.29, 0.717) is 26.2 Å². The van der Waals surface area contributed by atoms with E-state index in [1.807, 2.05) is 0 Å². The van der Waals surface area contributed by atoms with Crippen molar-refractivity contribution in [2.24, 2.45) is 0 Å². The number of rotatable bonds is 7. The molecule has 0 aromatic heterocycles. The van der Waals surface area contributed by atoms with E-state index in [2.05, 4.69) is 118 Å². The van der Waals surface area contributed by atoms with Crippen LogP contribution in [0, 0.1) is 0 Å². The van der Waals surface area contributed by atoms with Gasteiger partial charge in [0.05, 0.1) is 0 Å². The topological polar surface area (TPSA) is 127 Å². The predicted octanol–water partition coefficient (Wildman–Crippen LogP) is 5.66. The summed E-state index contributed by atoms with van der Waals surface area (Å²) in [4.78, 5) is 0. The van der Waals surface area contributed by atoms with Crippen LogP contribution in [-0.4, -0.2) is 13.1 Å². The van der Waals surface area contributed by atoms with Crippen LogP contribution in [-0.2, 0) is 66.8 Å². The summed E-state index contributed by atoms with van der Waals surface area (Å²) in [6, 6.07) is 8.30. The van der Waals surface area contributed by atoms with Crippen LogP contribution in [0.4, 0.5) is 0 Å². The zero-order valence-electron chi connectivity index (χ0n) is 26.2. The van der Waals surface area contributed by atoms with E-state index in [0.717, 1.165) is 22.3 Å². The van der Waals surface area contributed by atoms with Crippen molar-refractivity contribution in [3.05, 3.63) is 57.6 Å².